The molecule has 16 heavy (non-hydrogen) atoms. The molecule has 0 unspecified atom stereocenters. The summed E-state index contributed by atoms with van der Waals surface area (Å²) in [7, 11) is 0. The number of hydrogen-bond acceptors (Lipinski definition) is 3. The number of Topliss-reactive ketones (excluding diaryl/α,β-unsaturated/α-hetero) is 1. The van der Waals surface area contributed by atoms with E-state index in [2.05, 4.69) is 0 Å². The monoisotopic (exact) mass is 222 g/mol. The van der Waals surface area contributed by atoms with Gasteiger partial charge in [0.25, 0.3) is 0 Å². The Bertz CT molecular complexity index is 358. The topological polar surface area (TPSA) is 35.5 Å². The van der Waals surface area contributed by atoms with Gasteiger partial charge in [-0.1, -0.05) is 6.42 Å². The third-order valence-corrected chi connectivity index (χ3v) is 5.18. The average Bonchev–Trinajstić information content (AvgIpc) is 2.55. The average molecular weight is 222 g/mol. The van der Waals surface area contributed by atoms with Gasteiger partial charge in [-0.15, -0.1) is 0 Å². The van der Waals surface area contributed by atoms with E-state index in [1.54, 1.807) is 0 Å². The molecule has 0 bridgehead atoms. The number of hydrogen-bond donors (Lipinski definition) is 0. The summed E-state index contributed by atoms with van der Waals surface area (Å²) in [4.78, 5) is 12.1. The maximum absolute atomic E-state index is 12.1. The molecule has 4 aliphatic rings. The summed E-state index contributed by atoms with van der Waals surface area (Å²) in [6.07, 6.45) is 9.11. The zero-order valence-electron chi connectivity index (χ0n) is 9.59. The molecule has 0 radical (unpaired) electrons. The fraction of sp³-hybridized carbons (Fsp3) is 0.923. The van der Waals surface area contributed by atoms with Crippen molar-refractivity contribution in [1.29, 1.82) is 0 Å². The minimum Gasteiger partial charge on any atom is -0.340 e. The zero-order valence-corrected chi connectivity index (χ0v) is 9.59. The van der Waals surface area contributed by atoms with Crippen molar-refractivity contribution in [2.75, 3.05) is 0 Å². The molecule has 3 nitrogen and oxygen atoms in total. The van der Waals surface area contributed by atoms with Crippen molar-refractivity contribution >= 4 is 5.78 Å². The molecule has 0 aromatic carbocycles. The van der Waals surface area contributed by atoms with Crippen LogP contribution in [0, 0.1) is 0 Å². The molecule has 3 saturated carbocycles. The van der Waals surface area contributed by atoms with E-state index in [0.29, 0.717) is 12.2 Å². The highest BCUT2D eigenvalue weighted by atomic mass is 16.8. The second-order valence-corrected chi connectivity index (χ2v) is 5.92. The number of carbonyl (C=O) groups excluding carboxylic acids is 1. The summed E-state index contributed by atoms with van der Waals surface area (Å²) in [5.41, 5.74) is -0.717. The molecule has 1 aliphatic heterocycles. The first kappa shape index (κ1) is 9.60. The highest BCUT2D eigenvalue weighted by Crippen LogP contribution is 2.65. The summed E-state index contributed by atoms with van der Waals surface area (Å²) in [5, 5.41) is 0. The molecule has 2 atom stereocenters. The van der Waals surface area contributed by atoms with Gasteiger partial charge >= 0.3 is 0 Å². The lowest BCUT2D eigenvalue weighted by Gasteiger charge is -2.45. The van der Waals surface area contributed by atoms with Crippen LogP contribution >= 0.6 is 0 Å². The van der Waals surface area contributed by atoms with Crippen molar-refractivity contribution in [3.63, 3.8) is 0 Å². The lowest BCUT2D eigenvalue weighted by Crippen LogP contribution is -2.60. The van der Waals surface area contributed by atoms with Crippen molar-refractivity contribution in [2.24, 2.45) is 0 Å². The van der Waals surface area contributed by atoms with E-state index < -0.39 is 5.60 Å². The van der Waals surface area contributed by atoms with Crippen LogP contribution in [0.2, 0.25) is 0 Å². The molecule has 88 valence electrons. The van der Waals surface area contributed by atoms with E-state index in [-0.39, 0.29) is 11.4 Å². The van der Waals surface area contributed by atoms with Gasteiger partial charge in [-0.05, 0) is 32.1 Å². The molecule has 4 fully saturated rings. The zero-order chi connectivity index (χ0) is 10.9. The Morgan fingerprint density at radius 1 is 0.875 bits per heavy atom. The van der Waals surface area contributed by atoms with Crippen LogP contribution in [0.5, 0.6) is 0 Å². The fourth-order valence-electron chi connectivity index (χ4n) is 4.24. The Labute approximate surface area is 95.5 Å². The Morgan fingerprint density at radius 2 is 1.69 bits per heavy atom. The van der Waals surface area contributed by atoms with E-state index in [0.717, 1.165) is 32.1 Å². The van der Waals surface area contributed by atoms with Crippen LogP contribution in [0.1, 0.15) is 57.8 Å². The van der Waals surface area contributed by atoms with Gasteiger partial charge in [-0.25, -0.2) is 0 Å². The summed E-state index contributed by atoms with van der Waals surface area (Å²) >= 11 is 0. The van der Waals surface area contributed by atoms with Crippen LogP contribution in [-0.2, 0) is 14.3 Å². The molecule has 0 amide bonds. The highest BCUT2D eigenvalue weighted by Gasteiger charge is 2.77. The van der Waals surface area contributed by atoms with Crippen LogP contribution in [0.4, 0.5) is 0 Å². The molecule has 3 aliphatic carbocycles. The van der Waals surface area contributed by atoms with Crippen LogP contribution in [-0.4, -0.2) is 22.8 Å². The third kappa shape index (κ3) is 0.876. The van der Waals surface area contributed by atoms with E-state index >= 15 is 0 Å². The van der Waals surface area contributed by atoms with Crippen molar-refractivity contribution in [3.8, 4) is 0 Å². The molecule has 1 spiro atoms. The van der Waals surface area contributed by atoms with Gasteiger partial charge in [-0.3, -0.25) is 4.79 Å². The quantitative estimate of drug-likeness (QED) is 0.631. The van der Waals surface area contributed by atoms with Crippen molar-refractivity contribution in [2.45, 2.75) is 74.8 Å². The number of carbonyl (C=O) groups is 1. The first-order chi connectivity index (χ1) is 7.71. The molecular weight excluding hydrogens is 204 g/mol. The Balaban J connectivity index is 1.71. The largest absolute Gasteiger partial charge is 0.340 e. The van der Waals surface area contributed by atoms with E-state index in [4.69, 9.17) is 9.47 Å². The van der Waals surface area contributed by atoms with Crippen LogP contribution in [0.3, 0.4) is 0 Å². The lowest BCUT2D eigenvalue weighted by atomic mass is 9.67. The predicted molar refractivity (Wildman–Crippen MR) is 56.9 cm³/mol. The molecule has 4 rings (SSSR count). The van der Waals surface area contributed by atoms with Gasteiger partial charge in [0.2, 0.25) is 0 Å². The van der Waals surface area contributed by atoms with Crippen molar-refractivity contribution in [3.05, 3.63) is 0 Å². The molecule has 0 aromatic heterocycles. The van der Waals surface area contributed by atoms with Gasteiger partial charge in [0.15, 0.2) is 17.2 Å². The molecule has 0 N–H and O–H groups in total. The van der Waals surface area contributed by atoms with Crippen LogP contribution in [0.15, 0.2) is 0 Å². The number of ketones is 1. The summed E-state index contributed by atoms with van der Waals surface area (Å²) in [6.45, 7) is 0. The van der Waals surface area contributed by atoms with E-state index in [1.807, 2.05) is 0 Å². The summed E-state index contributed by atoms with van der Waals surface area (Å²) < 4.78 is 12.6. The summed E-state index contributed by atoms with van der Waals surface area (Å²) in [6, 6.07) is 0. The highest BCUT2D eigenvalue weighted by molar-refractivity contribution is 5.93. The fourth-order valence-corrected chi connectivity index (χ4v) is 4.24. The molecule has 3 heteroatoms. The minimum absolute atomic E-state index is 0.207. The van der Waals surface area contributed by atoms with Crippen molar-refractivity contribution < 1.29 is 14.3 Å². The normalized spacial score (nSPS) is 48.9. The molecule has 1 saturated heterocycles. The number of ether oxygens (including phenoxy) is 2. The van der Waals surface area contributed by atoms with Gasteiger partial charge in [0.05, 0.1) is 0 Å². The van der Waals surface area contributed by atoms with Crippen molar-refractivity contribution in [1.82, 2.24) is 0 Å². The van der Waals surface area contributed by atoms with Gasteiger partial charge in [-0.2, -0.15) is 0 Å². The third-order valence-electron chi connectivity index (χ3n) is 5.18. The van der Waals surface area contributed by atoms with Crippen LogP contribution < -0.4 is 0 Å². The first-order valence-corrected chi connectivity index (χ1v) is 6.64. The molecule has 1 heterocycles. The second-order valence-electron chi connectivity index (χ2n) is 5.92. The van der Waals surface area contributed by atoms with Gasteiger partial charge < -0.3 is 9.47 Å². The standard InChI is InChI=1S/C13H18O3/c14-10-4-7-11-8-9-13(10,11)16-12(15-11)5-2-1-3-6-12/h1-9H2/t11-,13-/m0/s1. The maximum atomic E-state index is 12.1. The van der Waals surface area contributed by atoms with Crippen LogP contribution in [0.25, 0.3) is 0 Å². The lowest BCUT2D eigenvalue weighted by molar-refractivity contribution is -0.210. The van der Waals surface area contributed by atoms with E-state index in [1.165, 1.54) is 19.3 Å². The second kappa shape index (κ2) is 2.70. The first-order valence-electron chi connectivity index (χ1n) is 6.64. The predicted octanol–water partition coefficient (Wildman–Crippen LogP) is 2.33. The number of rotatable bonds is 0. The van der Waals surface area contributed by atoms with Gasteiger partial charge in [0.1, 0.15) is 5.60 Å². The smallest absolute Gasteiger partial charge is 0.170 e. The Kier molecular flexibility index (Phi) is 1.62. The Hall–Kier alpha value is -0.410. The SMILES string of the molecule is O=C1CC[C@]23CC[C@]12OC1(CCCCC1)O3. The Morgan fingerprint density at radius 3 is 2.31 bits per heavy atom. The minimum atomic E-state index is -0.510. The van der Waals surface area contributed by atoms with E-state index in [9.17, 15) is 4.79 Å². The van der Waals surface area contributed by atoms with Gasteiger partial charge in [0, 0.05) is 19.3 Å². The summed E-state index contributed by atoms with van der Waals surface area (Å²) in [5.74, 6) is -0.0774. The molecule has 0 aromatic rings. The maximum Gasteiger partial charge on any atom is 0.170 e. The molecular formula is C13H18O3.